The van der Waals surface area contributed by atoms with Gasteiger partial charge in [-0.15, -0.1) is 0 Å². The fourth-order valence-corrected chi connectivity index (χ4v) is 1.98. The molecule has 0 aromatic heterocycles. The van der Waals surface area contributed by atoms with E-state index in [1.54, 1.807) is 14.2 Å². The van der Waals surface area contributed by atoms with Crippen LogP contribution in [0.5, 0.6) is 11.5 Å². The molecule has 0 saturated carbocycles. The highest BCUT2D eigenvalue weighted by atomic mass is 16.5. The van der Waals surface area contributed by atoms with E-state index in [0.717, 1.165) is 34.5 Å². The number of methoxy groups -OCH3 is 2. The van der Waals surface area contributed by atoms with Gasteiger partial charge in [-0.05, 0) is 20.8 Å². The summed E-state index contributed by atoms with van der Waals surface area (Å²) < 4.78 is 10.6. The molecule has 0 aliphatic heterocycles. The molecule has 0 saturated heterocycles. The minimum atomic E-state index is 0.648. The zero-order valence-corrected chi connectivity index (χ0v) is 9.80. The van der Waals surface area contributed by atoms with Gasteiger partial charge in [0.2, 0.25) is 0 Å². The number of hydrogen-bond acceptors (Lipinski definition) is 3. The van der Waals surface area contributed by atoms with Crippen LogP contribution < -0.4 is 9.47 Å². The Balaban J connectivity index is 3.64. The van der Waals surface area contributed by atoms with Crippen molar-refractivity contribution in [3.05, 3.63) is 22.3 Å². The minimum Gasteiger partial charge on any atom is -0.496 e. The lowest BCUT2D eigenvalue weighted by Gasteiger charge is -2.17. The molecule has 3 nitrogen and oxygen atoms in total. The maximum Gasteiger partial charge on any atom is 0.150 e. The maximum atomic E-state index is 11.0. The quantitative estimate of drug-likeness (QED) is 0.716. The molecule has 0 N–H and O–H groups in total. The molecule has 0 amide bonds. The molecule has 0 heterocycles. The fraction of sp³-hybridized carbons (Fsp3) is 0.417. The molecule has 0 atom stereocenters. The Kier molecular flexibility index (Phi) is 3.35. The largest absolute Gasteiger partial charge is 0.496 e. The van der Waals surface area contributed by atoms with Crippen molar-refractivity contribution >= 4 is 6.29 Å². The fourth-order valence-electron chi connectivity index (χ4n) is 1.98. The van der Waals surface area contributed by atoms with E-state index in [1.165, 1.54) is 0 Å². The number of ether oxygens (including phenoxy) is 2. The lowest BCUT2D eigenvalue weighted by atomic mass is 9.98. The topological polar surface area (TPSA) is 35.5 Å². The Morgan fingerprint density at radius 2 is 1.27 bits per heavy atom. The van der Waals surface area contributed by atoms with Crippen molar-refractivity contribution in [1.29, 1.82) is 0 Å². The average molecular weight is 208 g/mol. The van der Waals surface area contributed by atoms with Gasteiger partial charge in [-0.1, -0.05) is 0 Å². The summed E-state index contributed by atoms with van der Waals surface area (Å²) in [6.45, 7) is 5.68. The normalized spacial score (nSPS) is 9.93. The van der Waals surface area contributed by atoms with Gasteiger partial charge >= 0.3 is 0 Å². The van der Waals surface area contributed by atoms with Crippen molar-refractivity contribution < 1.29 is 14.3 Å². The summed E-state index contributed by atoms with van der Waals surface area (Å²) in [5.74, 6) is 1.44. The average Bonchev–Trinajstić information content (AvgIpc) is 2.19. The van der Waals surface area contributed by atoms with Crippen LogP contribution >= 0.6 is 0 Å². The van der Waals surface area contributed by atoms with E-state index in [9.17, 15) is 4.79 Å². The molecule has 0 radical (unpaired) electrons. The van der Waals surface area contributed by atoms with E-state index in [-0.39, 0.29) is 0 Å². The number of rotatable bonds is 3. The first kappa shape index (κ1) is 11.6. The van der Waals surface area contributed by atoms with Crippen LogP contribution in [0.4, 0.5) is 0 Å². The third kappa shape index (κ3) is 1.69. The molecule has 0 spiro atoms. The summed E-state index contributed by atoms with van der Waals surface area (Å²) in [5.41, 5.74) is 3.31. The number of carbonyl (C=O) groups is 1. The summed E-state index contributed by atoms with van der Waals surface area (Å²) in [5, 5.41) is 0. The lowest BCUT2D eigenvalue weighted by molar-refractivity contribution is 0.112. The molecule has 1 rings (SSSR count). The van der Waals surface area contributed by atoms with Crippen LogP contribution in [-0.4, -0.2) is 20.5 Å². The van der Waals surface area contributed by atoms with E-state index in [0.29, 0.717) is 5.56 Å². The Labute approximate surface area is 90.0 Å². The van der Waals surface area contributed by atoms with Crippen molar-refractivity contribution in [2.24, 2.45) is 0 Å². The molecule has 0 bridgehead atoms. The second kappa shape index (κ2) is 4.34. The first-order valence-corrected chi connectivity index (χ1v) is 4.75. The third-order valence-electron chi connectivity index (χ3n) is 2.70. The van der Waals surface area contributed by atoms with Gasteiger partial charge < -0.3 is 9.47 Å². The molecule has 1 aromatic carbocycles. The molecule has 0 fully saturated rings. The molecule has 3 heteroatoms. The number of carbonyl (C=O) groups excluding carboxylic acids is 1. The van der Waals surface area contributed by atoms with Crippen LogP contribution in [0.3, 0.4) is 0 Å². The van der Waals surface area contributed by atoms with Crippen molar-refractivity contribution in [1.82, 2.24) is 0 Å². The SMILES string of the molecule is COc1c(C)c(C=O)c(C)c(OC)c1C. The van der Waals surface area contributed by atoms with Gasteiger partial charge in [0, 0.05) is 22.3 Å². The predicted molar refractivity (Wildman–Crippen MR) is 59.1 cm³/mol. The van der Waals surface area contributed by atoms with Gasteiger partial charge in [0.15, 0.2) is 6.29 Å². The Hall–Kier alpha value is -1.51. The van der Waals surface area contributed by atoms with Crippen LogP contribution in [0.1, 0.15) is 27.0 Å². The van der Waals surface area contributed by atoms with Crippen molar-refractivity contribution in [3.8, 4) is 11.5 Å². The summed E-state index contributed by atoms with van der Waals surface area (Å²) in [7, 11) is 3.19. The van der Waals surface area contributed by atoms with Crippen LogP contribution in [0, 0.1) is 20.8 Å². The van der Waals surface area contributed by atoms with E-state index in [2.05, 4.69) is 0 Å². The molecule has 0 aliphatic carbocycles. The molecule has 15 heavy (non-hydrogen) atoms. The van der Waals surface area contributed by atoms with Crippen LogP contribution in [0.25, 0.3) is 0 Å². The molecule has 0 aliphatic rings. The van der Waals surface area contributed by atoms with E-state index in [4.69, 9.17) is 9.47 Å². The first-order valence-electron chi connectivity index (χ1n) is 4.75. The zero-order valence-electron chi connectivity index (χ0n) is 9.80. The van der Waals surface area contributed by atoms with Crippen LogP contribution in [-0.2, 0) is 0 Å². The van der Waals surface area contributed by atoms with E-state index >= 15 is 0 Å². The zero-order chi connectivity index (χ0) is 11.6. The van der Waals surface area contributed by atoms with Crippen molar-refractivity contribution in [2.75, 3.05) is 14.2 Å². The van der Waals surface area contributed by atoms with Gasteiger partial charge in [0.05, 0.1) is 14.2 Å². The number of benzene rings is 1. The lowest BCUT2D eigenvalue weighted by Crippen LogP contribution is -2.02. The Morgan fingerprint density at radius 1 is 0.867 bits per heavy atom. The smallest absolute Gasteiger partial charge is 0.150 e. The summed E-state index contributed by atoms with van der Waals surface area (Å²) >= 11 is 0. The molecule has 82 valence electrons. The van der Waals surface area contributed by atoms with Crippen molar-refractivity contribution in [3.63, 3.8) is 0 Å². The Bertz CT molecular complexity index is 363. The molecular formula is C12H16O3. The van der Waals surface area contributed by atoms with Crippen molar-refractivity contribution in [2.45, 2.75) is 20.8 Å². The predicted octanol–water partition coefficient (Wildman–Crippen LogP) is 2.44. The highest BCUT2D eigenvalue weighted by molar-refractivity contribution is 5.83. The van der Waals surface area contributed by atoms with Gasteiger partial charge in [-0.2, -0.15) is 0 Å². The highest BCUT2D eigenvalue weighted by Crippen LogP contribution is 2.36. The van der Waals surface area contributed by atoms with E-state index < -0.39 is 0 Å². The van der Waals surface area contributed by atoms with Gasteiger partial charge in [-0.3, -0.25) is 4.79 Å². The second-order valence-corrected chi connectivity index (χ2v) is 3.47. The molecule has 1 aromatic rings. The minimum absolute atomic E-state index is 0.648. The van der Waals surface area contributed by atoms with Gasteiger partial charge in [-0.25, -0.2) is 0 Å². The summed E-state index contributed by atoms with van der Waals surface area (Å²) in [4.78, 5) is 11.0. The van der Waals surface area contributed by atoms with Gasteiger partial charge in [0.25, 0.3) is 0 Å². The first-order chi connectivity index (χ1) is 7.08. The summed E-state index contributed by atoms with van der Waals surface area (Å²) in [6, 6.07) is 0. The van der Waals surface area contributed by atoms with Crippen LogP contribution in [0.15, 0.2) is 0 Å². The maximum absolute atomic E-state index is 11.0. The van der Waals surface area contributed by atoms with Crippen LogP contribution in [0.2, 0.25) is 0 Å². The summed E-state index contributed by atoms with van der Waals surface area (Å²) in [6.07, 6.45) is 0.842. The standard InChI is InChI=1S/C12H16O3/c1-7-10(6-13)8(2)12(15-5)9(3)11(7)14-4/h6H,1-5H3. The number of hydrogen-bond donors (Lipinski definition) is 0. The Morgan fingerprint density at radius 3 is 1.53 bits per heavy atom. The molecular weight excluding hydrogens is 192 g/mol. The highest BCUT2D eigenvalue weighted by Gasteiger charge is 2.17. The van der Waals surface area contributed by atoms with Gasteiger partial charge in [0.1, 0.15) is 11.5 Å². The third-order valence-corrected chi connectivity index (χ3v) is 2.70. The molecule has 0 unspecified atom stereocenters. The number of aldehydes is 1. The van der Waals surface area contributed by atoms with E-state index in [1.807, 2.05) is 20.8 Å². The second-order valence-electron chi connectivity index (χ2n) is 3.47. The monoisotopic (exact) mass is 208 g/mol.